The number of ether oxygens (including phenoxy) is 1. The zero-order valence-corrected chi connectivity index (χ0v) is 28.7. The van der Waals surface area contributed by atoms with Gasteiger partial charge in [0.1, 0.15) is 17.4 Å². The van der Waals surface area contributed by atoms with E-state index in [1.165, 1.54) is 0 Å². The monoisotopic (exact) mass is 685 g/mol. The highest BCUT2D eigenvalue weighted by Crippen LogP contribution is 2.30. The number of aromatic nitrogens is 1. The standard InChI is InChI=1S/C38H47N5O5S/c44-33-15-14-29(36-35(33)42-38(47)49-36)16-20-39-24-26-10-12-27(13-11-26)25-40-34(45)19-23-43-21-17-30(18-22-43)48-37(46)41-32-9-5-4-8-31(32)28-6-2-1-3-7-28/h1-9,14-15,26-27,30,39,44H,10-13,16-25H2,(H,40,45)(H,41,46)(H,42,47). The molecule has 0 unspecified atom stereocenters. The number of carbonyl (C=O) groups is 2. The van der Waals surface area contributed by atoms with Crippen LogP contribution in [0.25, 0.3) is 21.3 Å². The van der Waals surface area contributed by atoms with Crippen molar-refractivity contribution >= 4 is 39.2 Å². The van der Waals surface area contributed by atoms with E-state index in [0.29, 0.717) is 30.3 Å². The molecular weight excluding hydrogens is 639 g/mol. The molecule has 0 atom stereocenters. The highest BCUT2D eigenvalue weighted by atomic mass is 32.1. The lowest BCUT2D eigenvalue weighted by atomic mass is 9.82. The lowest BCUT2D eigenvalue weighted by molar-refractivity contribution is -0.121. The van der Waals surface area contributed by atoms with Gasteiger partial charge in [-0.2, -0.15) is 0 Å². The van der Waals surface area contributed by atoms with Crippen molar-refractivity contribution in [2.75, 3.05) is 44.6 Å². The Morgan fingerprint density at radius 3 is 2.39 bits per heavy atom. The zero-order chi connectivity index (χ0) is 34.0. The number of phenols is 1. The molecule has 2 aliphatic rings. The Balaban J connectivity index is 0.812. The van der Waals surface area contributed by atoms with Crippen molar-refractivity contribution in [3.63, 3.8) is 0 Å². The van der Waals surface area contributed by atoms with Crippen molar-refractivity contribution < 1.29 is 19.4 Å². The van der Waals surface area contributed by atoms with Gasteiger partial charge in [0.05, 0.1) is 10.4 Å². The van der Waals surface area contributed by atoms with E-state index in [1.54, 1.807) is 6.07 Å². The molecule has 1 aliphatic carbocycles. The lowest BCUT2D eigenvalue weighted by Crippen LogP contribution is -2.40. The van der Waals surface area contributed by atoms with Crippen LogP contribution in [0.4, 0.5) is 10.5 Å². The number of nitrogens with one attached hydrogen (secondary N) is 4. The van der Waals surface area contributed by atoms with Crippen LogP contribution in [0.15, 0.2) is 71.5 Å². The first-order valence-electron chi connectivity index (χ1n) is 17.6. The van der Waals surface area contributed by atoms with Gasteiger partial charge in [0, 0.05) is 38.2 Å². The number of aromatic hydroxyl groups is 1. The molecule has 2 amide bonds. The summed E-state index contributed by atoms with van der Waals surface area (Å²) >= 11 is 1.15. The number of anilines is 1. The fourth-order valence-electron chi connectivity index (χ4n) is 7.05. The van der Waals surface area contributed by atoms with Crippen molar-refractivity contribution in [3.8, 4) is 16.9 Å². The maximum absolute atomic E-state index is 12.7. The second-order valence-electron chi connectivity index (χ2n) is 13.3. The first-order valence-corrected chi connectivity index (χ1v) is 18.4. The second kappa shape index (κ2) is 17.0. The van der Waals surface area contributed by atoms with Crippen molar-refractivity contribution in [2.24, 2.45) is 11.8 Å². The van der Waals surface area contributed by atoms with Crippen LogP contribution >= 0.6 is 11.3 Å². The highest BCUT2D eigenvalue weighted by molar-refractivity contribution is 7.16. The van der Waals surface area contributed by atoms with E-state index in [-0.39, 0.29) is 22.6 Å². The molecule has 260 valence electrons. The summed E-state index contributed by atoms with van der Waals surface area (Å²) in [4.78, 5) is 42.0. The molecule has 6 rings (SSSR count). The van der Waals surface area contributed by atoms with Crippen LogP contribution in [0.3, 0.4) is 0 Å². The molecule has 5 N–H and O–H groups in total. The zero-order valence-electron chi connectivity index (χ0n) is 27.9. The van der Waals surface area contributed by atoms with E-state index >= 15 is 0 Å². The molecule has 49 heavy (non-hydrogen) atoms. The Morgan fingerprint density at radius 2 is 1.61 bits per heavy atom. The smallest absolute Gasteiger partial charge is 0.411 e. The molecule has 2 heterocycles. The van der Waals surface area contributed by atoms with Gasteiger partial charge in [0.15, 0.2) is 0 Å². The molecule has 11 heteroatoms. The maximum Gasteiger partial charge on any atom is 0.411 e. The summed E-state index contributed by atoms with van der Waals surface area (Å²) in [6.45, 7) is 4.86. The third-order valence-electron chi connectivity index (χ3n) is 9.91. The van der Waals surface area contributed by atoms with Crippen LogP contribution < -0.4 is 20.8 Å². The minimum Gasteiger partial charge on any atom is -0.506 e. The van der Waals surface area contributed by atoms with E-state index < -0.39 is 6.09 Å². The van der Waals surface area contributed by atoms with Crippen LogP contribution in [-0.4, -0.2) is 72.4 Å². The normalized spacial score (nSPS) is 18.7. The number of hydrogen-bond acceptors (Lipinski definition) is 8. The molecule has 4 aromatic rings. The third kappa shape index (κ3) is 9.71. The van der Waals surface area contributed by atoms with Gasteiger partial charge in [0.2, 0.25) is 5.91 Å². The Bertz CT molecular complexity index is 1740. The van der Waals surface area contributed by atoms with Gasteiger partial charge in [0.25, 0.3) is 0 Å². The van der Waals surface area contributed by atoms with Gasteiger partial charge < -0.3 is 30.4 Å². The van der Waals surface area contributed by atoms with Gasteiger partial charge in [-0.25, -0.2) is 4.79 Å². The number of piperidine rings is 1. The second-order valence-corrected chi connectivity index (χ2v) is 14.3. The first-order chi connectivity index (χ1) is 23.9. The van der Waals surface area contributed by atoms with E-state index in [0.717, 1.165) is 116 Å². The third-order valence-corrected chi connectivity index (χ3v) is 10.9. The summed E-state index contributed by atoms with van der Waals surface area (Å²) in [5.74, 6) is 1.39. The van der Waals surface area contributed by atoms with Crippen molar-refractivity contribution in [1.29, 1.82) is 0 Å². The fraction of sp³-hybridized carbons (Fsp3) is 0.447. The van der Waals surface area contributed by atoms with Gasteiger partial charge >= 0.3 is 11.0 Å². The number of rotatable bonds is 13. The quantitative estimate of drug-likeness (QED) is 0.107. The number of benzene rings is 3. The molecular formula is C38H47N5O5S. The predicted octanol–water partition coefficient (Wildman–Crippen LogP) is 6.12. The largest absolute Gasteiger partial charge is 0.506 e. The average molecular weight is 686 g/mol. The number of nitrogens with zero attached hydrogens (tertiary/aromatic N) is 1. The molecule has 0 spiro atoms. The minimum atomic E-state index is -0.434. The average Bonchev–Trinajstić information content (AvgIpc) is 3.53. The number of carbonyl (C=O) groups excluding carboxylic acids is 2. The maximum atomic E-state index is 12.7. The molecule has 1 aromatic heterocycles. The number of amides is 2. The van der Waals surface area contributed by atoms with Crippen LogP contribution in [0.1, 0.15) is 50.5 Å². The van der Waals surface area contributed by atoms with E-state index in [4.69, 9.17) is 4.74 Å². The van der Waals surface area contributed by atoms with E-state index in [2.05, 4.69) is 25.8 Å². The summed E-state index contributed by atoms with van der Waals surface area (Å²) < 4.78 is 6.60. The van der Waals surface area contributed by atoms with Crippen LogP contribution in [0.2, 0.25) is 0 Å². The summed E-state index contributed by atoms with van der Waals surface area (Å²) in [6, 6.07) is 21.2. The minimum absolute atomic E-state index is 0.106. The van der Waals surface area contributed by atoms with Crippen LogP contribution in [0, 0.1) is 11.8 Å². The number of hydrogen-bond donors (Lipinski definition) is 5. The summed E-state index contributed by atoms with van der Waals surface area (Å²) in [5, 5.41) is 19.7. The number of fused-ring (bicyclic) bond motifs is 1. The number of phenolic OH excluding ortho intramolecular Hbond substituents is 1. The molecule has 1 saturated heterocycles. The SMILES string of the molecule is O=C(CCN1CCC(OC(=O)Nc2ccccc2-c2ccccc2)CC1)NCC1CCC(CNCCc2ccc(O)c3[nH]c(=O)sc23)CC1. The summed E-state index contributed by atoms with van der Waals surface area (Å²) in [5.41, 5.74) is 4.32. The first kappa shape index (κ1) is 34.7. The van der Waals surface area contributed by atoms with Crippen LogP contribution in [-0.2, 0) is 16.0 Å². The highest BCUT2D eigenvalue weighted by Gasteiger charge is 2.24. The van der Waals surface area contributed by atoms with Gasteiger partial charge in [-0.1, -0.05) is 65.9 Å². The van der Waals surface area contributed by atoms with Gasteiger partial charge in [-0.15, -0.1) is 0 Å². The molecule has 0 bridgehead atoms. The number of aromatic amines is 1. The summed E-state index contributed by atoms with van der Waals surface area (Å²) in [6.07, 6.45) is 6.79. The van der Waals surface area contributed by atoms with E-state index in [1.807, 2.05) is 60.7 Å². The van der Waals surface area contributed by atoms with E-state index in [9.17, 15) is 19.5 Å². The number of likely N-dealkylation sites (tertiary alicyclic amines) is 1. The number of para-hydroxylation sites is 1. The van der Waals surface area contributed by atoms with Gasteiger partial charge in [-0.3, -0.25) is 14.9 Å². The lowest BCUT2D eigenvalue weighted by Gasteiger charge is -2.31. The molecule has 1 aliphatic heterocycles. The number of H-pyrrole nitrogens is 1. The Morgan fingerprint density at radius 1 is 0.898 bits per heavy atom. The Kier molecular flexibility index (Phi) is 12.0. The van der Waals surface area contributed by atoms with Crippen LogP contribution in [0.5, 0.6) is 5.75 Å². The topological polar surface area (TPSA) is 136 Å². The fourth-order valence-corrected chi connectivity index (χ4v) is 7.95. The predicted molar refractivity (Wildman–Crippen MR) is 195 cm³/mol. The molecule has 1 saturated carbocycles. The van der Waals surface area contributed by atoms with Crippen molar-refractivity contribution in [3.05, 3.63) is 82.0 Å². The molecule has 3 aromatic carbocycles. The Hall–Kier alpha value is -4.19. The summed E-state index contributed by atoms with van der Waals surface area (Å²) in [7, 11) is 0. The molecule has 0 radical (unpaired) electrons. The van der Waals surface area contributed by atoms with Crippen molar-refractivity contribution in [2.45, 2.75) is 57.5 Å². The molecule has 10 nitrogen and oxygen atoms in total. The van der Waals surface area contributed by atoms with Crippen molar-refractivity contribution in [1.82, 2.24) is 20.5 Å². The number of thiazole rings is 1. The Labute approximate surface area is 291 Å². The molecule has 2 fully saturated rings. The van der Waals surface area contributed by atoms with Gasteiger partial charge in [-0.05, 0) is 93.1 Å².